The highest BCUT2D eigenvalue weighted by Gasteiger charge is 1.93. The van der Waals surface area contributed by atoms with Crippen LogP contribution in [-0.2, 0) is 28.8 Å². The number of allylic oxidation sites excluding steroid dienone is 24. The lowest BCUT2D eigenvalue weighted by Gasteiger charge is -1.91. The van der Waals surface area contributed by atoms with E-state index in [-0.39, 0.29) is 23.1 Å². The molecule has 58 heavy (non-hydrogen) atoms. The Labute approximate surface area is 356 Å². The van der Waals surface area contributed by atoms with Crippen LogP contribution in [0.2, 0.25) is 0 Å². The van der Waals surface area contributed by atoms with Crippen molar-refractivity contribution in [2.45, 2.75) is 151 Å². The van der Waals surface area contributed by atoms with Gasteiger partial charge < -0.3 is 0 Å². The number of hydrogen-bond donors (Lipinski definition) is 0. The molecule has 0 aromatic heterocycles. The number of aldehydes is 2. The van der Waals surface area contributed by atoms with E-state index in [2.05, 4.69) is 0 Å². The van der Waals surface area contributed by atoms with Crippen molar-refractivity contribution in [3.63, 3.8) is 0 Å². The van der Waals surface area contributed by atoms with Crippen LogP contribution in [0.1, 0.15) is 151 Å². The van der Waals surface area contributed by atoms with Gasteiger partial charge in [0.05, 0.1) is 0 Å². The van der Waals surface area contributed by atoms with Crippen LogP contribution in [0.3, 0.4) is 0 Å². The highest BCUT2D eigenvalue weighted by atomic mass is 16.1. The van der Waals surface area contributed by atoms with Crippen LogP contribution in [0.25, 0.3) is 0 Å². The smallest absolute Gasteiger partial charge is 0.155 e. The summed E-state index contributed by atoms with van der Waals surface area (Å²) in [6, 6.07) is 0. The highest BCUT2D eigenvalue weighted by molar-refractivity contribution is 5.93. The summed E-state index contributed by atoms with van der Waals surface area (Å²) >= 11 is 0. The van der Waals surface area contributed by atoms with E-state index in [1.807, 2.05) is 156 Å². The lowest BCUT2D eigenvalue weighted by Crippen LogP contribution is -1.89. The van der Waals surface area contributed by atoms with E-state index in [1.165, 1.54) is 0 Å². The van der Waals surface area contributed by atoms with Crippen LogP contribution in [0.5, 0.6) is 0 Å². The van der Waals surface area contributed by atoms with Gasteiger partial charge in [0.25, 0.3) is 0 Å². The third kappa shape index (κ3) is 57.6. The Morgan fingerprint density at radius 1 is 0.328 bits per heavy atom. The van der Waals surface area contributed by atoms with Crippen molar-refractivity contribution in [2.75, 3.05) is 0 Å². The number of hydrogen-bond acceptors (Lipinski definition) is 6. The average Bonchev–Trinajstić information content (AvgIpc) is 3.20. The molecule has 0 unspecified atom stereocenters. The molecule has 0 spiro atoms. The van der Waals surface area contributed by atoms with Crippen molar-refractivity contribution >= 4 is 35.7 Å². The van der Waals surface area contributed by atoms with Crippen molar-refractivity contribution in [1.29, 1.82) is 0 Å². The zero-order chi connectivity index (χ0) is 47.1. The predicted octanol–water partition coefficient (Wildman–Crippen LogP) is 14.4. The summed E-state index contributed by atoms with van der Waals surface area (Å²) < 4.78 is 0. The topological polar surface area (TPSA) is 102 Å². The molecule has 0 aromatic carbocycles. The Hall–Kier alpha value is -5.10. The van der Waals surface area contributed by atoms with Gasteiger partial charge in [0.2, 0.25) is 0 Å². The van der Waals surface area contributed by atoms with Crippen LogP contribution in [-0.4, -0.2) is 35.7 Å². The molecule has 0 atom stereocenters. The monoisotopic (exact) mass is 803 g/mol. The molecule has 6 nitrogen and oxygen atoms in total. The van der Waals surface area contributed by atoms with E-state index in [4.69, 9.17) is 0 Å². The molecule has 0 fully saturated rings. The summed E-state index contributed by atoms with van der Waals surface area (Å²) in [6.07, 6.45) is 33.4. The maximum absolute atomic E-state index is 11.1. The van der Waals surface area contributed by atoms with Gasteiger partial charge in [-0.1, -0.05) is 164 Å². The Kier molecular flexibility index (Phi) is 60.5. The van der Waals surface area contributed by atoms with Gasteiger partial charge in [-0.2, -0.15) is 0 Å². The molecular weight excluding hydrogens is 721 g/mol. The Bertz CT molecular complexity index is 1420. The lowest BCUT2D eigenvalue weighted by atomic mass is 10.1. The first-order valence-electron chi connectivity index (χ1n) is 20.3. The molecule has 0 bridgehead atoms. The van der Waals surface area contributed by atoms with E-state index in [1.54, 1.807) is 79.7 Å². The molecule has 0 N–H and O–H groups in total. The second kappa shape index (κ2) is 51.9. The zero-order valence-electron chi connectivity index (χ0n) is 40.3. The molecular formula is C52H82O6. The van der Waals surface area contributed by atoms with Gasteiger partial charge in [-0.15, -0.1) is 0 Å². The first-order valence-corrected chi connectivity index (χ1v) is 20.3. The van der Waals surface area contributed by atoms with Gasteiger partial charge >= 0.3 is 0 Å². The Morgan fingerprint density at radius 2 is 0.552 bits per heavy atom. The number of rotatable bonds is 16. The van der Waals surface area contributed by atoms with E-state index in [9.17, 15) is 28.8 Å². The summed E-state index contributed by atoms with van der Waals surface area (Å²) in [5.74, 6) is 0.519. The van der Waals surface area contributed by atoms with Gasteiger partial charge in [-0.3, -0.25) is 28.8 Å². The maximum atomic E-state index is 11.1. The van der Waals surface area contributed by atoms with Gasteiger partial charge in [0, 0.05) is 0 Å². The molecule has 0 rings (SSSR count). The molecule has 0 aliphatic heterocycles. The quantitative estimate of drug-likeness (QED) is 0.0875. The van der Waals surface area contributed by atoms with Crippen LogP contribution < -0.4 is 0 Å². The van der Waals surface area contributed by atoms with Crippen LogP contribution in [0, 0.1) is 0 Å². The fraction of sp³-hybridized carbons (Fsp3) is 0.423. The van der Waals surface area contributed by atoms with E-state index < -0.39 is 0 Å². The van der Waals surface area contributed by atoms with Gasteiger partial charge in [-0.25, -0.2) is 0 Å². The van der Waals surface area contributed by atoms with E-state index in [0.717, 1.165) is 58.9 Å². The molecule has 0 amide bonds. The average molecular weight is 803 g/mol. The first-order chi connectivity index (χ1) is 27.3. The van der Waals surface area contributed by atoms with Crippen molar-refractivity contribution in [3.8, 4) is 0 Å². The predicted molar refractivity (Wildman–Crippen MR) is 256 cm³/mol. The summed E-state index contributed by atoms with van der Waals surface area (Å²) in [7, 11) is 0. The lowest BCUT2D eigenvalue weighted by molar-refractivity contribution is -0.114. The van der Waals surface area contributed by atoms with Crippen LogP contribution in [0.4, 0.5) is 0 Å². The minimum atomic E-state index is 0.0863. The van der Waals surface area contributed by atoms with Crippen LogP contribution >= 0.6 is 0 Å². The minimum Gasteiger partial charge on any atom is -0.298 e. The maximum Gasteiger partial charge on any atom is 0.155 e. The van der Waals surface area contributed by atoms with Crippen molar-refractivity contribution in [2.24, 2.45) is 0 Å². The van der Waals surface area contributed by atoms with E-state index >= 15 is 0 Å². The number of Topliss-reactive ketones (excluding diaryl/α,β-unsaturated/α-hetero) is 4. The third-order valence-electron chi connectivity index (χ3n) is 6.68. The Balaban J connectivity index is -0.000000127. The number of carbonyl (C=O) groups excluding carboxylic acids is 6. The number of carbonyl (C=O) groups is 6. The summed E-state index contributed by atoms with van der Waals surface area (Å²) in [5, 5.41) is 0. The summed E-state index contributed by atoms with van der Waals surface area (Å²) in [4.78, 5) is 63.3. The summed E-state index contributed by atoms with van der Waals surface area (Å²) in [5.41, 5.74) is 6.73. The summed E-state index contributed by atoms with van der Waals surface area (Å²) in [6.45, 7) is 37.1. The van der Waals surface area contributed by atoms with Crippen molar-refractivity contribution in [1.82, 2.24) is 0 Å². The largest absolute Gasteiger partial charge is 0.298 e. The number of ketones is 4. The van der Waals surface area contributed by atoms with Gasteiger partial charge in [0.15, 0.2) is 23.1 Å². The molecule has 0 aliphatic rings. The second-order valence-corrected chi connectivity index (χ2v) is 11.9. The Morgan fingerprint density at radius 3 is 0.724 bits per heavy atom. The highest BCUT2D eigenvalue weighted by Crippen LogP contribution is 2.02. The second-order valence-electron chi connectivity index (χ2n) is 11.9. The standard InChI is InChI=1S/C22H28O2.C10H12O2.2C7H12O.3C2H6/c1-17(13-9-15-19(3)21(5)23)11-7-8-12-18(2)14-10-16-20(4)22(6)24;1-9(7-11)5-3-4-6-10(2)8-12;2*1-4-5-6(2)7(3)8;3*1-2/h7-16H,1-6H3;3-8H,1-2H3;2*5H,4H2,1-3H3;3*1-2H3/b8-7+,13-9+,14-10+,17-11+,18-12+,19-15+,20-16+;4-3+,9-5+,10-6+;2*6-5+;;;. The molecule has 0 heterocycles. The van der Waals surface area contributed by atoms with Crippen molar-refractivity contribution < 1.29 is 28.8 Å². The van der Waals surface area contributed by atoms with Gasteiger partial charge in [-0.05, 0) is 129 Å². The zero-order valence-corrected chi connectivity index (χ0v) is 40.3. The fourth-order valence-electron chi connectivity index (χ4n) is 2.84. The normalized spacial score (nSPS) is 12.6. The fourth-order valence-corrected chi connectivity index (χ4v) is 2.84. The molecule has 0 saturated carbocycles. The first kappa shape index (κ1) is 67.6. The minimum absolute atomic E-state index is 0.0863. The molecule has 0 aliphatic carbocycles. The molecule has 6 heteroatoms. The molecule has 0 saturated heterocycles. The molecule has 0 radical (unpaired) electrons. The molecule has 326 valence electrons. The van der Waals surface area contributed by atoms with E-state index in [0.29, 0.717) is 11.1 Å². The third-order valence-corrected chi connectivity index (χ3v) is 6.68. The SMILES string of the molecule is CC.CC.CC.CC(=O)/C(C)=C/C=C/C(C)=C/C=C/C=C(C)/C=C/C=C(\C)C(C)=O.CC/C=C(\C)C(C)=O.CC/C=C(\C)C(C)=O.C\C(C=O)=C/C=C/C=C(\C)C=O. The van der Waals surface area contributed by atoms with Gasteiger partial charge in [0.1, 0.15) is 12.6 Å². The molecule has 0 aromatic rings. The van der Waals surface area contributed by atoms with Crippen molar-refractivity contribution in [3.05, 3.63) is 142 Å². The van der Waals surface area contributed by atoms with Crippen LogP contribution in [0.15, 0.2) is 142 Å².